The van der Waals surface area contributed by atoms with Gasteiger partial charge in [0.25, 0.3) is 0 Å². The maximum atomic E-state index is 12.7. The maximum Gasteiger partial charge on any atom is 0.243 e. The Hall–Kier alpha value is -2.91. The molecule has 154 valence electrons. The van der Waals surface area contributed by atoms with Crippen molar-refractivity contribution in [1.29, 1.82) is 5.41 Å². The van der Waals surface area contributed by atoms with Crippen molar-refractivity contribution in [3.63, 3.8) is 0 Å². The van der Waals surface area contributed by atoms with E-state index in [0.717, 1.165) is 12.8 Å². The minimum atomic E-state index is -3.53. The summed E-state index contributed by atoms with van der Waals surface area (Å²) in [6.07, 6.45) is 1.62. The molecule has 9 heteroatoms. The average Bonchev–Trinajstić information content (AvgIpc) is 3.18. The van der Waals surface area contributed by atoms with E-state index in [-0.39, 0.29) is 28.8 Å². The fraction of sp³-hybridized carbons (Fsp3) is 0.300. The number of carbonyl (C=O) groups is 1. The summed E-state index contributed by atoms with van der Waals surface area (Å²) in [6.45, 7) is 2.76. The first-order chi connectivity index (χ1) is 13.7. The van der Waals surface area contributed by atoms with Crippen molar-refractivity contribution in [1.82, 2.24) is 4.31 Å². The third-order valence-corrected chi connectivity index (χ3v) is 6.94. The molecule has 1 fully saturated rings. The molecule has 3 rings (SSSR count). The Labute approximate surface area is 169 Å². The van der Waals surface area contributed by atoms with Crippen LogP contribution in [-0.4, -0.2) is 42.7 Å². The number of rotatable bonds is 6. The molecular formula is C20H24N4O4S. The summed E-state index contributed by atoms with van der Waals surface area (Å²) in [5, 5.41) is 20.1. The number of aryl methyl sites for hydroxylation is 1. The molecule has 0 spiro atoms. The van der Waals surface area contributed by atoms with Gasteiger partial charge in [0, 0.05) is 29.9 Å². The summed E-state index contributed by atoms with van der Waals surface area (Å²) in [4.78, 5) is 12.6. The summed E-state index contributed by atoms with van der Waals surface area (Å²) in [5.41, 5.74) is 7.23. The molecular weight excluding hydrogens is 392 g/mol. The summed E-state index contributed by atoms with van der Waals surface area (Å²) in [7, 11) is -3.53. The number of nitrogen functional groups attached to an aromatic ring is 1. The number of phenolic OH excluding ortho intramolecular Hbond substituents is 1. The van der Waals surface area contributed by atoms with Crippen LogP contribution in [0.5, 0.6) is 5.75 Å². The van der Waals surface area contributed by atoms with E-state index < -0.39 is 10.0 Å². The minimum absolute atomic E-state index is 0.0617. The van der Waals surface area contributed by atoms with Crippen molar-refractivity contribution >= 4 is 27.5 Å². The van der Waals surface area contributed by atoms with E-state index >= 15 is 0 Å². The van der Waals surface area contributed by atoms with Crippen molar-refractivity contribution in [2.75, 3.05) is 18.4 Å². The fourth-order valence-electron chi connectivity index (χ4n) is 3.36. The van der Waals surface area contributed by atoms with Crippen LogP contribution >= 0.6 is 0 Å². The number of carbonyl (C=O) groups excluding carboxylic acids is 1. The first kappa shape index (κ1) is 20.8. The van der Waals surface area contributed by atoms with Gasteiger partial charge in [0.15, 0.2) is 0 Å². The van der Waals surface area contributed by atoms with Gasteiger partial charge in [-0.15, -0.1) is 0 Å². The van der Waals surface area contributed by atoms with Gasteiger partial charge < -0.3 is 16.2 Å². The van der Waals surface area contributed by atoms with E-state index in [1.165, 1.54) is 28.6 Å². The Balaban J connectivity index is 1.74. The SMILES string of the molecule is Cc1cc(NC(=O)Cc2cc(C(=N)N)ccc2O)ccc1S(=O)(=O)N1CCCC1. The molecule has 0 atom stereocenters. The van der Waals surface area contributed by atoms with Crippen LogP contribution in [0, 0.1) is 12.3 Å². The predicted molar refractivity (Wildman–Crippen MR) is 111 cm³/mol. The van der Waals surface area contributed by atoms with Crippen LogP contribution < -0.4 is 11.1 Å². The first-order valence-electron chi connectivity index (χ1n) is 9.25. The quantitative estimate of drug-likeness (QED) is 0.421. The van der Waals surface area contributed by atoms with Crippen LogP contribution in [0.3, 0.4) is 0 Å². The largest absolute Gasteiger partial charge is 0.508 e. The molecule has 1 aliphatic rings. The topological polar surface area (TPSA) is 137 Å². The lowest BCUT2D eigenvalue weighted by Crippen LogP contribution is -2.28. The highest BCUT2D eigenvalue weighted by Gasteiger charge is 2.28. The van der Waals surface area contributed by atoms with E-state index in [0.29, 0.717) is 35.5 Å². The van der Waals surface area contributed by atoms with Crippen LogP contribution in [-0.2, 0) is 21.2 Å². The Morgan fingerprint density at radius 1 is 1.21 bits per heavy atom. The van der Waals surface area contributed by atoms with E-state index in [1.807, 2.05) is 0 Å². The number of hydrogen-bond donors (Lipinski definition) is 4. The van der Waals surface area contributed by atoms with E-state index in [9.17, 15) is 18.3 Å². The molecule has 0 radical (unpaired) electrons. The molecule has 2 aromatic rings. The lowest BCUT2D eigenvalue weighted by molar-refractivity contribution is -0.115. The number of amidine groups is 1. The van der Waals surface area contributed by atoms with Crippen LogP contribution in [0.15, 0.2) is 41.3 Å². The van der Waals surface area contributed by atoms with Gasteiger partial charge >= 0.3 is 0 Å². The standard InChI is InChI=1S/C20H24N4O4S/c1-13-10-16(5-7-18(13)29(27,28)24-8-2-3-9-24)23-19(26)12-15-11-14(20(21)22)4-6-17(15)25/h4-7,10-11,25H,2-3,8-9,12H2,1H3,(H3,21,22)(H,23,26). The Kier molecular flexibility index (Phi) is 5.90. The lowest BCUT2D eigenvalue weighted by atomic mass is 10.1. The summed E-state index contributed by atoms with van der Waals surface area (Å²) in [5.74, 6) is -0.596. The number of phenols is 1. The molecule has 1 amide bonds. The van der Waals surface area contributed by atoms with E-state index in [1.54, 1.807) is 19.1 Å². The Bertz CT molecular complexity index is 1060. The second-order valence-corrected chi connectivity index (χ2v) is 8.98. The second-order valence-electron chi connectivity index (χ2n) is 7.07. The minimum Gasteiger partial charge on any atom is -0.508 e. The Morgan fingerprint density at radius 2 is 1.90 bits per heavy atom. The van der Waals surface area contributed by atoms with Crippen LogP contribution in [0.2, 0.25) is 0 Å². The molecule has 0 bridgehead atoms. The average molecular weight is 417 g/mol. The van der Waals surface area contributed by atoms with Gasteiger partial charge in [0.05, 0.1) is 11.3 Å². The zero-order valence-electron chi connectivity index (χ0n) is 16.1. The number of nitrogens with zero attached hydrogens (tertiary/aromatic N) is 1. The lowest BCUT2D eigenvalue weighted by Gasteiger charge is -2.17. The van der Waals surface area contributed by atoms with Gasteiger partial charge in [-0.1, -0.05) is 0 Å². The normalized spacial score (nSPS) is 14.7. The number of sulfonamides is 1. The molecule has 1 heterocycles. The highest BCUT2D eigenvalue weighted by atomic mass is 32.2. The van der Waals surface area contributed by atoms with E-state index in [2.05, 4.69) is 5.32 Å². The summed E-state index contributed by atoms with van der Waals surface area (Å²) < 4.78 is 27.0. The number of hydrogen-bond acceptors (Lipinski definition) is 5. The predicted octanol–water partition coefficient (Wildman–Crippen LogP) is 1.95. The molecule has 0 aliphatic carbocycles. The van der Waals surface area contributed by atoms with Gasteiger partial charge in [-0.3, -0.25) is 10.2 Å². The molecule has 0 unspecified atom stereocenters. The zero-order valence-corrected chi connectivity index (χ0v) is 16.9. The highest BCUT2D eigenvalue weighted by Crippen LogP contribution is 2.26. The molecule has 8 nitrogen and oxygen atoms in total. The number of aromatic hydroxyl groups is 1. The highest BCUT2D eigenvalue weighted by molar-refractivity contribution is 7.89. The molecule has 5 N–H and O–H groups in total. The van der Waals surface area contributed by atoms with Crippen molar-refractivity contribution in [3.05, 3.63) is 53.1 Å². The van der Waals surface area contributed by atoms with Gasteiger partial charge in [-0.25, -0.2) is 8.42 Å². The number of benzene rings is 2. The third-order valence-electron chi connectivity index (χ3n) is 4.88. The fourth-order valence-corrected chi connectivity index (χ4v) is 5.08. The number of amides is 1. The number of anilines is 1. The molecule has 29 heavy (non-hydrogen) atoms. The number of nitrogens with two attached hydrogens (primary N) is 1. The maximum absolute atomic E-state index is 12.7. The van der Waals surface area contributed by atoms with E-state index in [4.69, 9.17) is 11.1 Å². The zero-order chi connectivity index (χ0) is 21.2. The van der Waals surface area contributed by atoms with Gasteiger partial charge in [-0.2, -0.15) is 4.31 Å². The second kappa shape index (κ2) is 8.22. The van der Waals surface area contributed by atoms with Crippen molar-refractivity contribution in [2.45, 2.75) is 31.1 Å². The van der Waals surface area contributed by atoms with Crippen molar-refractivity contribution < 1.29 is 18.3 Å². The van der Waals surface area contributed by atoms with Crippen LogP contribution in [0.25, 0.3) is 0 Å². The van der Waals surface area contributed by atoms with Crippen LogP contribution in [0.4, 0.5) is 5.69 Å². The first-order valence-corrected chi connectivity index (χ1v) is 10.7. The summed E-state index contributed by atoms with van der Waals surface area (Å²) in [6, 6.07) is 9.07. The summed E-state index contributed by atoms with van der Waals surface area (Å²) >= 11 is 0. The molecule has 0 saturated carbocycles. The van der Waals surface area contributed by atoms with Crippen molar-refractivity contribution in [3.8, 4) is 5.75 Å². The smallest absolute Gasteiger partial charge is 0.243 e. The monoisotopic (exact) mass is 416 g/mol. The van der Waals surface area contributed by atoms with Gasteiger partial charge in [0.1, 0.15) is 11.6 Å². The third kappa shape index (κ3) is 4.57. The molecule has 1 aliphatic heterocycles. The van der Waals surface area contributed by atoms with Crippen molar-refractivity contribution in [2.24, 2.45) is 5.73 Å². The number of nitrogens with one attached hydrogen (secondary N) is 2. The van der Waals surface area contributed by atoms with Gasteiger partial charge in [-0.05, 0) is 61.7 Å². The molecule has 2 aromatic carbocycles. The van der Waals surface area contributed by atoms with Crippen LogP contribution in [0.1, 0.15) is 29.5 Å². The van der Waals surface area contributed by atoms with Gasteiger partial charge in [0.2, 0.25) is 15.9 Å². The molecule has 1 saturated heterocycles. The Morgan fingerprint density at radius 3 is 2.52 bits per heavy atom. The molecule has 0 aromatic heterocycles.